The highest BCUT2D eigenvalue weighted by Gasteiger charge is 2.23. The summed E-state index contributed by atoms with van der Waals surface area (Å²) in [5.74, 6) is 0.769. The van der Waals surface area contributed by atoms with Crippen molar-refractivity contribution < 1.29 is 14.3 Å². The summed E-state index contributed by atoms with van der Waals surface area (Å²) in [7, 11) is 0. The predicted octanol–water partition coefficient (Wildman–Crippen LogP) is 4.15. The number of nitrogens with one attached hydrogen (secondary N) is 1. The molecule has 29 heavy (non-hydrogen) atoms. The quantitative estimate of drug-likeness (QED) is 0.495. The van der Waals surface area contributed by atoms with Gasteiger partial charge in [0, 0.05) is 29.8 Å². The fraction of sp³-hybridized carbons (Fsp3) is 0.174. The van der Waals surface area contributed by atoms with Crippen molar-refractivity contribution in [1.82, 2.24) is 10.3 Å². The molecule has 4 rings (SSSR count). The number of rotatable bonds is 6. The lowest BCUT2D eigenvalue weighted by Gasteiger charge is -2.10. The maximum Gasteiger partial charge on any atom is 0.244 e. The van der Waals surface area contributed by atoms with Gasteiger partial charge in [0.15, 0.2) is 5.78 Å². The first kappa shape index (κ1) is 19.1. The minimum atomic E-state index is -0.163. The maximum absolute atomic E-state index is 12.0. The minimum Gasteiger partial charge on any atom is -0.488 e. The van der Waals surface area contributed by atoms with Crippen molar-refractivity contribution in [2.75, 3.05) is 6.54 Å². The highest BCUT2D eigenvalue weighted by molar-refractivity contribution is 7.17. The predicted molar refractivity (Wildman–Crippen MR) is 114 cm³/mol. The number of aromatic nitrogens is 1. The second kappa shape index (κ2) is 8.41. The summed E-state index contributed by atoms with van der Waals surface area (Å²) >= 11 is 1.50. The van der Waals surface area contributed by atoms with Crippen LogP contribution in [0.15, 0.2) is 60.9 Å². The molecule has 1 atom stereocenters. The van der Waals surface area contributed by atoms with Crippen LogP contribution in [0, 0.1) is 0 Å². The summed E-state index contributed by atoms with van der Waals surface area (Å²) in [5.41, 5.74) is 3.07. The number of carbonyl (C=O) groups excluding carboxylic acids is 2. The van der Waals surface area contributed by atoms with Crippen molar-refractivity contribution in [2.24, 2.45) is 0 Å². The third kappa shape index (κ3) is 4.60. The van der Waals surface area contributed by atoms with Crippen molar-refractivity contribution >= 4 is 29.1 Å². The van der Waals surface area contributed by atoms with Gasteiger partial charge in [-0.05, 0) is 66.1 Å². The van der Waals surface area contributed by atoms with Crippen LogP contribution in [0.5, 0.6) is 5.75 Å². The first-order valence-electron chi connectivity index (χ1n) is 9.35. The molecule has 0 saturated heterocycles. The lowest BCUT2D eigenvalue weighted by atomic mass is 10.1. The first-order chi connectivity index (χ1) is 14.1. The topological polar surface area (TPSA) is 68.3 Å². The Bertz CT molecular complexity index is 1070. The van der Waals surface area contributed by atoms with Gasteiger partial charge in [-0.15, -0.1) is 11.3 Å². The zero-order valence-corrected chi connectivity index (χ0v) is 16.7. The fourth-order valence-corrected chi connectivity index (χ4v) is 4.09. The summed E-state index contributed by atoms with van der Waals surface area (Å²) < 4.78 is 5.95. The summed E-state index contributed by atoms with van der Waals surface area (Å²) in [4.78, 5) is 29.4. The number of carbonyl (C=O) groups is 2. The van der Waals surface area contributed by atoms with E-state index in [1.54, 1.807) is 25.4 Å². The van der Waals surface area contributed by atoms with Gasteiger partial charge in [-0.1, -0.05) is 6.07 Å². The van der Waals surface area contributed by atoms with Gasteiger partial charge in [0.25, 0.3) is 0 Å². The van der Waals surface area contributed by atoms with E-state index in [9.17, 15) is 9.59 Å². The van der Waals surface area contributed by atoms with E-state index in [1.807, 2.05) is 36.4 Å². The highest BCUT2D eigenvalue weighted by atomic mass is 32.1. The molecule has 0 aliphatic carbocycles. The summed E-state index contributed by atoms with van der Waals surface area (Å²) in [5, 5.41) is 2.89. The molecule has 3 heterocycles. The van der Waals surface area contributed by atoms with Crippen LogP contribution in [0.2, 0.25) is 0 Å². The number of Topliss-reactive ketones (excluding diaryl/α,β-unsaturated/α-hetero) is 1. The third-order valence-electron chi connectivity index (χ3n) is 4.65. The molecule has 3 aromatic rings. The molecule has 1 amide bonds. The smallest absolute Gasteiger partial charge is 0.244 e. The van der Waals surface area contributed by atoms with Crippen LogP contribution < -0.4 is 10.1 Å². The number of hydrogen-bond acceptors (Lipinski definition) is 5. The van der Waals surface area contributed by atoms with E-state index >= 15 is 0 Å². The second-order valence-corrected chi connectivity index (χ2v) is 7.94. The van der Waals surface area contributed by atoms with Gasteiger partial charge in [-0.3, -0.25) is 14.6 Å². The van der Waals surface area contributed by atoms with E-state index in [4.69, 9.17) is 4.74 Å². The normalized spacial score (nSPS) is 15.1. The van der Waals surface area contributed by atoms with Crippen LogP contribution in [-0.4, -0.2) is 29.3 Å². The van der Waals surface area contributed by atoms with E-state index in [1.165, 1.54) is 17.4 Å². The van der Waals surface area contributed by atoms with Crippen molar-refractivity contribution in [3.05, 3.63) is 76.9 Å². The Morgan fingerprint density at radius 3 is 2.93 bits per heavy atom. The van der Waals surface area contributed by atoms with Gasteiger partial charge < -0.3 is 10.1 Å². The lowest BCUT2D eigenvalue weighted by Crippen LogP contribution is -2.33. The number of fused-ring (bicyclic) bond motifs is 1. The van der Waals surface area contributed by atoms with Gasteiger partial charge in [0.05, 0.1) is 11.4 Å². The third-order valence-corrected chi connectivity index (χ3v) is 5.89. The Hall–Kier alpha value is -3.25. The fourth-order valence-electron chi connectivity index (χ4n) is 3.19. The van der Waals surface area contributed by atoms with Crippen molar-refractivity contribution in [2.45, 2.75) is 19.4 Å². The van der Waals surface area contributed by atoms with E-state index in [0.717, 1.165) is 38.6 Å². The Balaban J connectivity index is 1.34. The molecule has 0 radical (unpaired) electrons. The number of thiophene rings is 1. The van der Waals surface area contributed by atoms with Crippen LogP contribution in [-0.2, 0) is 11.2 Å². The minimum absolute atomic E-state index is 0.0825. The van der Waals surface area contributed by atoms with Crippen molar-refractivity contribution in [3.8, 4) is 16.2 Å². The molecule has 1 aromatic carbocycles. The molecule has 1 aliphatic heterocycles. The summed E-state index contributed by atoms with van der Waals surface area (Å²) in [6, 6.07) is 13.6. The molecule has 146 valence electrons. The van der Waals surface area contributed by atoms with Gasteiger partial charge in [0.1, 0.15) is 11.9 Å². The van der Waals surface area contributed by atoms with Crippen LogP contribution in [0.3, 0.4) is 0 Å². The Morgan fingerprint density at radius 1 is 1.28 bits per heavy atom. The van der Waals surface area contributed by atoms with Crippen LogP contribution in [0.1, 0.15) is 27.7 Å². The summed E-state index contributed by atoms with van der Waals surface area (Å²) in [6.45, 7) is 2.02. The van der Waals surface area contributed by atoms with Crippen LogP contribution >= 0.6 is 11.3 Å². The number of pyridine rings is 1. The monoisotopic (exact) mass is 404 g/mol. The van der Waals surface area contributed by atoms with E-state index in [2.05, 4.69) is 16.4 Å². The number of amides is 1. The Labute approximate surface area is 173 Å². The Kier molecular flexibility index (Phi) is 5.53. The van der Waals surface area contributed by atoms with Gasteiger partial charge in [-0.2, -0.15) is 0 Å². The zero-order valence-electron chi connectivity index (χ0n) is 15.9. The number of ether oxygens (including phenoxy) is 1. The van der Waals surface area contributed by atoms with E-state index < -0.39 is 0 Å². The SMILES string of the molecule is CC(=O)c1ccc(-c2ccc3c(c2)CC(CNC(=O)C=Cc2cccnc2)O3)s1. The molecule has 0 bridgehead atoms. The molecule has 0 saturated carbocycles. The van der Waals surface area contributed by atoms with Gasteiger partial charge >= 0.3 is 0 Å². The Morgan fingerprint density at radius 2 is 2.17 bits per heavy atom. The second-order valence-electron chi connectivity index (χ2n) is 6.85. The lowest BCUT2D eigenvalue weighted by molar-refractivity contribution is -0.116. The molecule has 0 spiro atoms. The first-order valence-corrected chi connectivity index (χ1v) is 10.2. The zero-order chi connectivity index (χ0) is 20.2. The molecule has 1 aliphatic rings. The average molecular weight is 404 g/mol. The number of nitrogens with zero attached hydrogens (tertiary/aromatic N) is 1. The largest absolute Gasteiger partial charge is 0.488 e. The number of benzene rings is 1. The molecule has 2 aromatic heterocycles. The van der Waals surface area contributed by atoms with Crippen LogP contribution in [0.4, 0.5) is 0 Å². The molecule has 1 N–H and O–H groups in total. The van der Waals surface area contributed by atoms with E-state index in [0.29, 0.717) is 6.54 Å². The number of hydrogen-bond donors (Lipinski definition) is 1. The molecular formula is C23H20N2O3S. The molecular weight excluding hydrogens is 384 g/mol. The maximum atomic E-state index is 12.0. The molecule has 5 nitrogen and oxygen atoms in total. The average Bonchev–Trinajstić information content (AvgIpc) is 3.38. The molecule has 0 fully saturated rings. The standard InChI is InChI=1S/C23H20N2O3S/c1-15(26)21-7-8-22(29-21)17-5-6-20-18(11-17)12-19(28-20)14-25-23(27)9-4-16-3-2-10-24-13-16/h2-11,13,19H,12,14H2,1H3,(H,25,27). The van der Waals surface area contributed by atoms with Gasteiger partial charge in [0.2, 0.25) is 5.91 Å². The summed E-state index contributed by atoms with van der Waals surface area (Å²) in [6.07, 6.45) is 7.27. The van der Waals surface area contributed by atoms with Gasteiger partial charge in [-0.25, -0.2) is 0 Å². The van der Waals surface area contributed by atoms with Crippen molar-refractivity contribution in [3.63, 3.8) is 0 Å². The number of ketones is 1. The van der Waals surface area contributed by atoms with Crippen LogP contribution in [0.25, 0.3) is 16.5 Å². The highest BCUT2D eigenvalue weighted by Crippen LogP contribution is 2.35. The molecule has 1 unspecified atom stereocenters. The van der Waals surface area contributed by atoms with E-state index in [-0.39, 0.29) is 17.8 Å². The molecule has 6 heteroatoms. The van der Waals surface area contributed by atoms with Crippen molar-refractivity contribution in [1.29, 1.82) is 0 Å².